The van der Waals surface area contributed by atoms with Crippen LogP contribution in [0.1, 0.15) is 18.4 Å². The number of likely N-dealkylation sites (tertiary alicyclic amines) is 1. The molecule has 1 N–H and O–H groups in total. The summed E-state index contributed by atoms with van der Waals surface area (Å²) in [7, 11) is 0. The van der Waals surface area contributed by atoms with E-state index >= 15 is 0 Å². The molecule has 0 radical (unpaired) electrons. The van der Waals surface area contributed by atoms with Crippen LogP contribution >= 0.6 is 0 Å². The number of ether oxygens (including phenoxy) is 1. The van der Waals surface area contributed by atoms with Gasteiger partial charge < -0.3 is 14.7 Å². The molecule has 1 aromatic carbocycles. The van der Waals surface area contributed by atoms with Gasteiger partial charge in [-0.05, 0) is 30.4 Å². The average molecular weight is 261 g/mol. The number of benzene rings is 1. The van der Waals surface area contributed by atoms with Crippen LogP contribution in [0.25, 0.3) is 0 Å². The number of amides is 1. The number of piperidine rings is 1. The summed E-state index contributed by atoms with van der Waals surface area (Å²) >= 11 is 0. The molecule has 4 heteroatoms. The fourth-order valence-corrected chi connectivity index (χ4v) is 2.86. The molecule has 0 aromatic heterocycles. The van der Waals surface area contributed by atoms with E-state index in [2.05, 4.69) is 0 Å². The number of aliphatic hydroxyl groups excluding tert-OH is 1. The first-order chi connectivity index (χ1) is 9.28. The Morgan fingerprint density at radius 2 is 2.05 bits per heavy atom. The minimum atomic E-state index is -0.358. The summed E-state index contributed by atoms with van der Waals surface area (Å²) in [5.74, 6) is 1.28. The molecule has 1 saturated heterocycles. The third kappa shape index (κ3) is 2.45. The highest BCUT2D eigenvalue weighted by Crippen LogP contribution is 2.29. The maximum Gasteiger partial charge on any atom is 0.263 e. The molecule has 1 atom stereocenters. The van der Waals surface area contributed by atoms with Crippen molar-refractivity contribution in [3.05, 3.63) is 29.8 Å². The quantitative estimate of drug-likeness (QED) is 0.871. The number of para-hydroxylation sites is 1. The zero-order valence-electron chi connectivity index (χ0n) is 10.9. The van der Waals surface area contributed by atoms with E-state index in [9.17, 15) is 4.79 Å². The Morgan fingerprint density at radius 1 is 1.32 bits per heavy atom. The lowest BCUT2D eigenvalue weighted by atomic mass is 9.97. The van der Waals surface area contributed by atoms with E-state index in [1.54, 1.807) is 0 Å². The number of nitrogens with zero attached hydrogens (tertiary/aromatic N) is 1. The van der Waals surface area contributed by atoms with Crippen molar-refractivity contribution in [2.75, 3.05) is 19.7 Å². The molecule has 4 nitrogen and oxygen atoms in total. The van der Waals surface area contributed by atoms with Gasteiger partial charge in [-0.25, -0.2) is 0 Å². The minimum Gasteiger partial charge on any atom is -0.480 e. The molecular weight excluding hydrogens is 242 g/mol. The SMILES string of the molecule is O=C(C1Cc2ccccc2O1)N1CCC(CO)CC1. The lowest BCUT2D eigenvalue weighted by molar-refractivity contribution is -0.139. The monoisotopic (exact) mass is 261 g/mol. The van der Waals surface area contributed by atoms with Crippen LogP contribution in [0.3, 0.4) is 0 Å². The highest BCUT2D eigenvalue weighted by Gasteiger charge is 2.33. The number of aliphatic hydroxyl groups is 1. The van der Waals surface area contributed by atoms with Crippen LogP contribution in [0.15, 0.2) is 24.3 Å². The second-order valence-corrected chi connectivity index (χ2v) is 5.37. The van der Waals surface area contributed by atoms with Gasteiger partial charge in [0.05, 0.1) is 0 Å². The molecule has 1 amide bonds. The van der Waals surface area contributed by atoms with Gasteiger partial charge >= 0.3 is 0 Å². The Morgan fingerprint density at radius 3 is 2.74 bits per heavy atom. The summed E-state index contributed by atoms with van der Waals surface area (Å²) in [5.41, 5.74) is 1.12. The van der Waals surface area contributed by atoms with Crippen molar-refractivity contribution in [1.29, 1.82) is 0 Å². The molecule has 0 aliphatic carbocycles. The molecule has 1 fully saturated rings. The fraction of sp³-hybridized carbons (Fsp3) is 0.533. The zero-order valence-corrected chi connectivity index (χ0v) is 10.9. The van der Waals surface area contributed by atoms with Gasteiger partial charge in [-0.2, -0.15) is 0 Å². The third-order valence-corrected chi connectivity index (χ3v) is 4.11. The van der Waals surface area contributed by atoms with E-state index < -0.39 is 0 Å². The molecule has 102 valence electrons. The summed E-state index contributed by atoms with van der Waals surface area (Å²) in [6.07, 6.45) is 2.10. The molecule has 0 bridgehead atoms. The van der Waals surface area contributed by atoms with Gasteiger partial charge in [0, 0.05) is 26.1 Å². The standard InChI is InChI=1S/C15H19NO3/c17-10-11-5-7-16(8-6-11)15(18)14-9-12-3-1-2-4-13(12)19-14/h1-4,11,14,17H,5-10H2. The van der Waals surface area contributed by atoms with Gasteiger partial charge in [-0.3, -0.25) is 4.79 Å². The largest absolute Gasteiger partial charge is 0.480 e. The number of rotatable bonds is 2. The van der Waals surface area contributed by atoms with Crippen LogP contribution < -0.4 is 4.74 Å². The van der Waals surface area contributed by atoms with E-state index in [1.165, 1.54) is 0 Å². The highest BCUT2D eigenvalue weighted by atomic mass is 16.5. The van der Waals surface area contributed by atoms with Crippen molar-refractivity contribution in [3.63, 3.8) is 0 Å². The molecular formula is C15H19NO3. The first-order valence-electron chi connectivity index (χ1n) is 6.92. The molecule has 19 heavy (non-hydrogen) atoms. The van der Waals surface area contributed by atoms with Crippen LogP contribution in [-0.2, 0) is 11.2 Å². The van der Waals surface area contributed by atoms with Crippen molar-refractivity contribution in [3.8, 4) is 5.75 Å². The molecule has 0 spiro atoms. The predicted molar refractivity (Wildman–Crippen MR) is 71.0 cm³/mol. The first kappa shape index (κ1) is 12.5. The Hall–Kier alpha value is -1.55. The van der Waals surface area contributed by atoms with Crippen molar-refractivity contribution < 1.29 is 14.6 Å². The maximum atomic E-state index is 12.4. The molecule has 2 aliphatic heterocycles. The number of carbonyl (C=O) groups is 1. The second kappa shape index (κ2) is 5.21. The molecule has 1 unspecified atom stereocenters. The van der Waals surface area contributed by atoms with Gasteiger partial charge in [0.15, 0.2) is 6.10 Å². The number of carbonyl (C=O) groups excluding carboxylic acids is 1. The topological polar surface area (TPSA) is 49.8 Å². The average Bonchev–Trinajstić information content (AvgIpc) is 2.90. The normalized spacial score (nSPS) is 23.0. The van der Waals surface area contributed by atoms with Gasteiger partial charge in [0.1, 0.15) is 5.75 Å². The Labute approximate surface area is 113 Å². The van der Waals surface area contributed by atoms with Crippen LogP contribution in [0.5, 0.6) is 5.75 Å². The van der Waals surface area contributed by atoms with Crippen molar-refractivity contribution in [2.24, 2.45) is 5.92 Å². The lowest BCUT2D eigenvalue weighted by Crippen LogP contribution is -2.45. The van der Waals surface area contributed by atoms with E-state index in [4.69, 9.17) is 9.84 Å². The van der Waals surface area contributed by atoms with Crippen LogP contribution in [0.4, 0.5) is 0 Å². The Kier molecular flexibility index (Phi) is 3.42. The fourth-order valence-electron chi connectivity index (χ4n) is 2.86. The highest BCUT2D eigenvalue weighted by molar-refractivity contribution is 5.82. The first-order valence-corrected chi connectivity index (χ1v) is 6.92. The minimum absolute atomic E-state index is 0.0904. The Bertz CT molecular complexity index is 441. The van der Waals surface area contributed by atoms with Crippen LogP contribution in [-0.4, -0.2) is 41.7 Å². The number of fused-ring (bicyclic) bond motifs is 1. The predicted octanol–water partition coefficient (Wildman–Crippen LogP) is 1.22. The molecule has 2 aliphatic rings. The van der Waals surface area contributed by atoms with E-state index in [1.807, 2.05) is 29.2 Å². The van der Waals surface area contributed by atoms with Crippen molar-refractivity contribution in [1.82, 2.24) is 4.90 Å². The second-order valence-electron chi connectivity index (χ2n) is 5.37. The lowest BCUT2D eigenvalue weighted by Gasteiger charge is -2.32. The third-order valence-electron chi connectivity index (χ3n) is 4.11. The van der Waals surface area contributed by atoms with Crippen molar-refractivity contribution >= 4 is 5.91 Å². The molecule has 3 rings (SSSR count). The summed E-state index contributed by atoms with van der Waals surface area (Å²) in [5, 5.41) is 9.12. The summed E-state index contributed by atoms with van der Waals surface area (Å²) in [6.45, 7) is 1.70. The molecule has 2 heterocycles. The van der Waals surface area contributed by atoms with E-state index in [-0.39, 0.29) is 18.6 Å². The summed E-state index contributed by atoms with van der Waals surface area (Å²) in [6, 6.07) is 7.83. The van der Waals surface area contributed by atoms with Gasteiger partial charge in [0.2, 0.25) is 0 Å². The number of hydrogen-bond acceptors (Lipinski definition) is 3. The smallest absolute Gasteiger partial charge is 0.263 e. The van der Waals surface area contributed by atoms with Crippen LogP contribution in [0.2, 0.25) is 0 Å². The number of hydrogen-bond donors (Lipinski definition) is 1. The Balaban J connectivity index is 1.61. The van der Waals surface area contributed by atoms with Gasteiger partial charge in [-0.1, -0.05) is 18.2 Å². The van der Waals surface area contributed by atoms with Gasteiger partial charge in [0.25, 0.3) is 5.91 Å². The van der Waals surface area contributed by atoms with Crippen LogP contribution in [0, 0.1) is 5.92 Å². The molecule has 1 aromatic rings. The van der Waals surface area contributed by atoms with E-state index in [0.29, 0.717) is 12.3 Å². The van der Waals surface area contributed by atoms with Crippen molar-refractivity contribution in [2.45, 2.75) is 25.4 Å². The summed E-state index contributed by atoms with van der Waals surface area (Å²) in [4.78, 5) is 14.3. The van der Waals surface area contributed by atoms with Gasteiger partial charge in [-0.15, -0.1) is 0 Å². The van der Waals surface area contributed by atoms with E-state index in [0.717, 1.165) is 37.2 Å². The zero-order chi connectivity index (χ0) is 13.2. The summed E-state index contributed by atoms with van der Waals surface area (Å²) < 4.78 is 5.73. The maximum absolute atomic E-state index is 12.4. The molecule has 0 saturated carbocycles.